The summed E-state index contributed by atoms with van der Waals surface area (Å²) in [5, 5.41) is 15.2. The van der Waals surface area contributed by atoms with Crippen LogP contribution in [0.4, 0.5) is 0 Å². The second-order valence-corrected chi connectivity index (χ2v) is 6.61. The highest BCUT2D eigenvalue weighted by molar-refractivity contribution is 5.78. The minimum absolute atomic E-state index is 0.0275. The number of carbonyl (C=O) groups excluding carboxylic acids is 1. The first-order valence-corrected chi connectivity index (χ1v) is 8.04. The molecule has 0 unspecified atom stereocenters. The molecule has 0 saturated heterocycles. The van der Waals surface area contributed by atoms with Crippen LogP contribution in [-0.4, -0.2) is 59.3 Å². The highest BCUT2D eigenvalue weighted by Gasteiger charge is 2.24. The fourth-order valence-electron chi connectivity index (χ4n) is 2.78. The van der Waals surface area contributed by atoms with Gasteiger partial charge in [0.05, 0.1) is 12.6 Å². The number of nitrogens with one attached hydrogen (secondary N) is 2. The lowest BCUT2D eigenvalue weighted by molar-refractivity contribution is -0.122. The minimum atomic E-state index is -0.0770. The molecule has 7 heteroatoms. The van der Waals surface area contributed by atoms with Crippen LogP contribution in [0.2, 0.25) is 0 Å². The van der Waals surface area contributed by atoms with E-state index in [1.54, 1.807) is 0 Å². The average molecular weight is 308 g/mol. The van der Waals surface area contributed by atoms with E-state index in [0.717, 1.165) is 44.1 Å². The highest BCUT2D eigenvalue weighted by atomic mass is 16.2. The van der Waals surface area contributed by atoms with Crippen molar-refractivity contribution >= 4 is 5.91 Å². The molecule has 2 rings (SSSR count). The van der Waals surface area contributed by atoms with E-state index in [4.69, 9.17) is 0 Å². The van der Waals surface area contributed by atoms with Crippen LogP contribution in [0, 0.1) is 5.92 Å². The van der Waals surface area contributed by atoms with Gasteiger partial charge in [-0.05, 0) is 26.4 Å². The summed E-state index contributed by atoms with van der Waals surface area (Å²) in [6.45, 7) is 7.41. The molecule has 7 nitrogen and oxygen atoms in total. The maximum Gasteiger partial charge on any atom is 0.234 e. The van der Waals surface area contributed by atoms with Gasteiger partial charge in [-0.15, -0.1) is 10.2 Å². The Morgan fingerprint density at radius 3 is 2.82 bits per heavy atom. The Kier molecular flexibility index (Phi) is 5.90. The molecule has 1 aromatic rings. The Balaban J connectivity index is 2.18. The van der Waals surface area contributed by atoms with Crippen molar-refractivity contribution in [2.24, 2.45) is 5.92 Å². The second-order valence-electron chi connectivity index (χ2n) is 6.61. The molecule has 0 aliphatic carbocycles. The summed E-state index contributed by atoms with van der Waals surface area (Å²) in [6, 6.07) is -0.0770. The molecular weight excluding hydrogens is 280 g/mol. The minimum Gasteiger partial charge on any atom is -0.345 e. The Hall–Kier alpha value is -1.47. The second kappa shape index (κ2) is 7.69. The van der Waals surface area contributed by atoms with E-state index in [1.165, 1.54) is 0 Å². The molecule has 0 saturated carbocycles. The average Bonchev–Trinajstić information content (AvgIpc) is 2.65. The number of nitrogens with zero attached hydrogens (tertiary/aromatic N) is 4. The summed E-state index contributed by atoms with van der Waals surface area (Å²) in [7, 11) is 3.79. The molecule has 1 amide bonds. The number of amides is 1. The first-order valence-electron chi connectivity index (χ1n) is 8.04. The first-order chi connectivity index (χ1) is 10.5. The standard InChI is InChI=1S/C15H28N6O/c1-11(2)9-12(17-14(22)10-20(3)4)15-19-18-13-5-6-16-7-8-21(13)15/h11-12,16H,5-10H2,1-4H3,(H,17,22)/t12-/m1/s1. The molecule has 2 heterocycles. The van der Waals surface area contributed by atoms with Gasteiger partial charge >= 0.3 is 0 Å². The van der Waals surface area contributed by atoms with Crippen LogP contribution >= 0.6 is 0 Å². The number of rotatable bonds is 6. The molecule has 2 N–H and O–H groups in total. The SMILES string of the molecule is CC(C)C[C@@H](NC(=O)CN(C)C)c1nnc2n1CCNCC2. The topological polar surface area (TPSA) is 75.1 Å². The van der Waals surface area contributed by atoms with Gasteiger partial charge in [-0.3, -0.25) is 4.79 Å². The van der Waals surface area contributed by atoms with Crippen LogP contribution in [0.3, 0.4) is 0 Å². The third kappa shape index (κ3) is 4.51. The molecule has 1 aromatic heterocycles. The number of hydrogen-bond donors (Lipinski definition) is 2. The third-order valence-corrected chi connectivity index (χ3v) is 3.71. The quantitative estimate of drug-likeness (QED) is 0.785. The lowest BCUT2D eigenvalue weighted by atomic mass is 10.0. The van der Waals surface area contributed by atoms with E-state index in [1.807, 2.05) is 19.0 Å². The summed E-state index contributed by atoms with van der Waals surface area (Å²) >= 11 is 0. The van der Waals surface area contributed by atoms with E-state index in [0.29, 0.717) is 12.5 Å². The molecule has 1 aliphatic heterocycles. The van der Waals surface area contributed by atoms with Gasteiger partial charge in [0, 0.05) is 26.1 Å². The maximum atomic E-state index is 12.2. The fraction of sp³-hybridized carbons (Fsp3) is 0.800. The number of fused-ring (bicyclic) bond motifs is 1. The van der Waals surface area contributed by atoms with Crippen LogP contribution < -0.4 is 10.6 Å². The zero-order valence-corrected chi connectivity index (χ0v) is 14.1. The van der Waals surface area contributed by atoms with Gasteiger partial charge < -0.3 is 20.1 Å². The molecule has 1 aliphatic rings. The van der Waals surface area contributed by atoms with Gasteiger partial charge in [0.25, 0.3) is 0 Å². The molecule has 0 spiro atoms. The molecule has 0 bridgehead atoms. The van der Waals surface area contributed by atoms with Crippen molar-refractivity contribution in [2.75, 3.05) is 33.7 Å². The zero-order valence-electron chi connectivity index (χ0n) is 14.1. The van der Waals surface area contributed by atoms with Crippen LogP contribution in [0.25, 0.3) is 0 Å². The lowest BCUT2D eigenvalue weighted by Gasteiger charge is -2.22. The predicted octanol–water partition coefficient (Wildman–Crippen LogP) is 0.189. The Bertz CT molecular complexity index is 496. The number of carbonyl (C=O) groups is 1. The molecule has 124 valence electrons. The van der Waals surface area contributed by atoms with Crippen molar-refractivity contribution in [3.05, 3.63) is 11.6 Å². The largest absolute Gasteiger partial charge is 0.345 e. The van der Waals surface area contributed by atoms with Crippen molar-refractivity contribution in [3.63, 3.8) is 0 Å². The zero-order chi connectivity index (χ0) is 16.1. The Morgan fingerprint density at radius 1 is 1.36 bits per heavy atom. The molecule has 0 aromatic carbocycles. The van der Waals surface area contributed by atoms with E-state index in [9.17, 15) is 4.79 Å². The third-order valence-electron chi connectivity index (χ3n) is 3.71. The van der Waals surface area contributed by atoms with Gasteiger partial charge in [-0.1, -0.05) is 13.8 Å². The number of likely N-dealkylation sites (N-methyl/N-ethyl adjacent to an activating group) is 1. The predicted molar refractivity (Wildman–Crippen MR) is 85.5 cm³/mol. The van der Waals surface area contributed by atoms with E-state index in [-0.39, 0.29) is 11.9 Å². The van der Waals surface area contributed by atoms with E-state index in [2.05, 4.69) is 39.2 Å². The van der Waals surface area contributed by atoms with Crippen molar-refractivity contribution in [1.29, 1.82) is 0 Å². The van der Waals surface area contributed by atoms with Gasteiger partial charge in [-0.25, -0.2) is 0 Å². The van der Waals surface area contributed by atoms with Crippen LogP contribution in [0.15, 0.2) is 0 Å². The number of aromatic nitrogens is 3. The Morgan fingerprint density at radius 2 is 2.14 bits per heavy atom. The van der Waals surface area contributed by atoms with Crippen LogP contribution in [-0.2, 0) is 17.8 Å². The summed E-state index contributed by atoms with van der Waals surface area (Å²) in [6.07, 6.45) is 1.75. The van der Waals surface area contributed by atoms with Crippen molar-refractivity contribution in [3.8, 4) is 0 Å². The fourth-order valence-corrected chi connectivity index (χ4v) is 2.78. The maximum absolute atomic E-state index is 12.2. The van der Waals surface area contributed by atoms with Crippen molar-refractivity contribution in [2.45, 2.75) is 39.3 Å². The summed E-state index contributed by atoms with van der Waals surface area (Å²) in [5.74, 6) is 2.40. The smallest absolute Gasteiger partial charge is 0.234 e. The van der Waals surface area contributed by atoms with Crippen LogP contribution in [0.1, 0.15) is 38.0 Å². The van der Waals surface area contributed by atoms with Crippen molar-refractivity contribution < 1.29 is 4.79 Å². The van der Waals surface area contributed by atoms with Crippen molar-refractivity contribution in [1.82, 2.24) is 30.3 Å². The van der Waals surface area contributed by atoms with E-state index >= 15 is 0 Å². The first kappa shape index (κ1) is 16.9. The normalized spacial score (nSPS) is 16.5. The number of hydrogen-bond acceptors (Lipinski definition) is 5. The van der Waals surface area contributed by atoms with Gasteiger partial charge in [0.15, 0.2) is 5.82 Å². The van der Waals surface area contributed by atoms with Gasteiger partial charge in [0.2, 0.25) is 5.91 Å². The lowest BCUT2D eigenvalue weighted by Crippen LogP contribution is -2.37. The molecule has 0 radical (unpaired) electrons. The summed E-state index contributed by atoms with van der Waals surface area (Å²) in [5.41, 5.74) is 0. The van der Waals surface area contributed by atoms with Gasteiger partial charge in [-0.2, -0.15) is 0 Å². The summed E-state index contributed by atoms with van der Waals surface area (Å²) in [4.78, 5) is 14.0. The molecule has 22 heavy (non-hydrogen) atoms. The van der Waals surface area contributed by atoms with Crippen LogP contribution in [0.5, 0.6) is 0 Å². The molecule has 1 atom stereocenters. The highest BCUT2D eigenvalue weighted by Crippen LogP contribution is 2.21. The molecule has 0 fully saturated rings. The Labute approximate surface area is 132 Å². The summed E-state index contributed by atoms with van der Waals surface area (Å²) < 4.78 is 2.17. The molecular formula is C15H28N6O. The van der Waals surface area contributed by atoms with E-state index < -0.39 is 0 Å². The van der Waals surface area contributed by atoms with Gasteiger partial charge in [0.1, 0.15) is 5.82 Å². The monoisotopic (exact) mass is 308 g/mol.